The Bertz CT molecular complexity index is 591. The van der Waals surface area contributed by atoms with Gasteiger partial charge in [-0.3, -0.25) is 4.68 Å². The lowest BCUT2D eigenvalue weighted by atomic mass is 9.87. The molecule has 0 bridgehead atoms. The van der Waals surface area contributed by atoms with Gasteiger partial charge in [-0.25, -0.2) is 0 Å². The quantitative estimate of drug-likeness (QED) is 0.928. The topological polar surface area (TPSA) is 43.8 Å². The molecule has 0 fully saturated rings. The molecule has 1 aromatic heterocycles. The molecule has 20 heavy (non-hydrogen) atoms. The molecule has 0 spiro atoms. The number of hydrogen-bond donors (Lipinski definition) is 1. The number of aromatic nitrogens is 2. The molecule has 0 saturated heterocycles. The van der Waals surface area contributed by atoms with E-state index in [0.29, 0.717) is 0 Å². The Labute approximate surface area is 125 Å². The zero-order valence-electron chi connectivity index (χ0n) is 12.9. The summed E-state index contributed by atoms with van der Waals surface area (Å²) in [6.45, 7) is 8.75. The van der Waals surface area contributed by atoms with Crippen LogP contribution in [0.2, 0.25) is 0 Å². The summed E-state index contributed by atoms with van der Waals surface area (Å²) in [5.41, 5.74) is 9.46. The number of anilines is 1. The van der Waals surface area contributed by atoms with Gasteiger partial charge in [0.25, 0.3) is 0 Å². The third-order valence-electron chi connectivity index (χ3n) is 3.38. The second kappa shape index (κ2) is 5.52. The van der Waals surface area contributed by atoms with E-state index < -0.39 is 0 Å². The van der Waals surface area contributed by atoms with Crippen LogP contribution in [-0.4, -0.2) is 9.78 Å². The summed E-state index contributed by atoms with van der Waals surface area (Å²) in [6, 6.07) is 8.69. The fourth-order valence-electron chi connectivity index (χ4n) is 2.09. The summed E-state index contributed by atoms with van der Waals surface area (Å²) in [4.78, 5) is 1.19. The van der Waals surface area contributed by atoms with Crippen molar-refractivity contribution in [3.05, 3.63) is 35.5 Å². The summed E-state index contributed by atoms with van der Waals surface area (Å²) in [7, 11) is 1.95. The number of nitrogen functional groups attached to an aromatic ring is 1. The fourth-order valence-corrected chi connectivity index (χ4v) is 2.99. The Morgan fingerprint density at radius 2 is 1.80 bits per heavy atom. The van der Waals surface area contributed by atoms with Crippen LogP contribution in [0.3, 0.4) is 0 Å². The van der Waals surface area contributed by atoms with Gasteiger partial charge in [-0.1, -0.05) is 51.6 Å². The molecule has 0 atom stereocenters. The normalized spacial score (nSPS) is 11.8. The number of nitrogens with zero attached hydrogens (tertiary/aromatic N) is 2. The maximum absolute atomic E-state index is 6.16. The van der Waals surface area contributed by atoms with Gasteiger partial charge in [0.05, 0.1) is 11.4 Å². The predicted octanol–water partition coefficient (Wildman–Crippen LogP) is 4.01. The van der Waals surface area contributed by atoms with Gasteiger partial charge in [0, 0.05) is 11.9 Å². The highest BCUT2D eigenvalue weighted by Crippen LogP contribution is 2.34. The minimum absolute atomic E-state index is 0.185. The Kier molecular flexibility index (Phi) is 4.14. The van der Waals surface area contributed by atoms with Crippen LogP contribution in [0.5, 0.6) is 0 Å². The van der Waals surface area contributed by atoms with Crippen LogP contribution >= 0.6 is 11.8 Å². The highest BCUT2D eigenvalue weighted by Gasteiger charge is 2.15. The van der Waals surface area contributed by atoms with Crippen molar-refractivity contribution < 1.29 is 0 Å². The van der Waals surface area contributed by atoms with Crippen molar-refractivity contribution in [3.63, 3.8) is 0 Å². The van der Waals surface area contributed by atoms with E-state index in [1.807, 2.05) is 11.7 Å². The van der Waals surface area contributed by atoms with Gasteiger partial charge in [0.15, 0.2) is 0 Å². The molecule has 0 saturated carbocycles. The summed E-state index contributed by atoms with van der Waals surface area (Å²) in [5, 5.41) is 5.47. The average molecular weight is 289 g/mol. The molecule has 108 valence electrons. The van der Waals surface area contributed by atoms with Crippen molar-refractivity contribution in [2.24, 2.45) is 7.05 Å². The van der Waals surface area contributed by atoms with Crippen LogP contribution in [0, 0.1) is 0 Å². The van der Waals surface area contributed by atoms with Crippen LogP contribution in [0.4, 0.5) is 5.69 Å². The summed E-state index contributed by atoms with van der Waals surface area (Å²) in [6.07, 6.45) is 0.864. The molecule has 2 aromatic rings. The number of nitrogens with two attached hydrogens (primary N) is 1. The van der Waals surface area contributed by atoms with Crippen molar-refractivity contribution in [2.75, 3.05) is 5.73 Å². The highest BCUT2D eigenvalue weighted by molar-refractivity contribution is 7.99. The smallest absolute Gasteiger partial charge is 0.122 e. The second-order valence-corrected chi connectivity index (χ2v) is 7.08. The van der Waals surface area contributed by atoms with Crippen molar-refractivity contribution in [3.8, 4) is 0 Å². The molecule has 0 amide bonds. The molecule has 0 aliphatic carbocycles. The average Bonchev–Trinajstić information content (AvgIpc) is 2.66. The van der Waals surface area contributed by atoms with Crippen LogP contribution in [0.25, 0.3) is 0 Å². The molecule has 2 rings (SSSR count). The Balaban J connectivity index is 2.25. The molecule has 0 radical (unpaired) electrons. The Morgan fingerprint density at radius 3 is 2.25 bits per heavy atom. The van der Waals surface area contributed by atoms with Gasteiger partial charge in [-0.05, 0) is 29.5 Å². The van der Waals surface area contributed by atoms with Crippen LogP contribution < -0.4 is 5.73 Å². The standard InChI is InChI=1S/C16H23N3S/c1-6-13-14(17)15(19(5)18-13)20-12-9-7-11(8-10-12)16(2,3)4/h7-10H,6,17H2,1-5H3. The third kappa shape index (κ3) is 3.01. The van der Waals surface area contributed by atoms with Crippen molar-refractivity contribution in [1.29, 1.82) is 0 Å². The van der Waals surface area contributed by atoms with Crippen LogP contribution in [0.15, 0.2) is 34.2 Å². The van der Waals surface area contributed by atoms with E-state index in [9.17, 15) is 0 Å². The molecule has 3 nitrogen and oxygen atoms in total. The van der Waals surface area contributed by atoms with Gasteiger partial charge in [-0.2, -0.15) is 5.10 Å². The van der Waals surface area contributed by atoms with E-state index >= 15 is 0 Å². The largest absolute Gasteiger partial charge is 0.395 e. The van der Waals surface area contributed by atoms with Crippen molar-refractivity contribution in [2.45, 2.75) is 49.5 Å². The van der Waals surface area contributed by atoms with Gasteiger partial charge < -0.3 is 5.73 Å². The molecule has 1 heterocycles. The molecule has 0 unspecified atom stereocenters. The van der Waals surface area contributed by atoms with Crippen molar-refractivity contribution >= 4 is 17.4 Å². The Morgan fingerprint density at radius 1 is 1.20 bits per heavy atom. The zero-order valence-corrected chi connectivity index (χ0v) is 13.7. The number of rotatable bonds is 3. The fraction of sp³-hybridized carbons (Fsp3) is 0.438. The molecule has 0 aliphatic rings. The molecular formula is C16H23N3S. The van der Waals surface area contributed by atoms with Gasteiger partial charge in [0.1, 0.15) is 5.03 Å². The van der Waals surface area contributed by atoms with Gasteiger partial charge >= 0.3 is 0 Å². The monoisotopic (exact) mass is 289 g/mol. The zero-order chi connectivity index (χ0) is 14.9. The summed E-state index contributed by atoms with van der Waals surface area (Å²) < 4.78 is 1.87. The van der Waals surface area contributed by atoms with E-state index in [4.69, 9.17) is 5.73 Å². The lowest BCUT2D eigenvalue weighted by molar-refractivity contribution is 0.589. The first-order valence-electron chi connectivity index (χ1n) is 6.92. The maximum Gasteiger partial charge on any atom is 0.122 e. The lowest BCUT2D eigenvalue weighted by Gasteiger charge is -2.19. The summed E-state index contributed by atoms with van der Waals surface area (Å²) >= 11 is 1.67. The van der Waals surface area contributed by atoms with E-state index in [2.05, 4.69) is 57.1 Å². The number of hydrogen-bond acceptors (Lipinski definition) is 3. The second-order valence-electron chi connectivity index (χ2n) is 6.02. The van der Waals surface area contributed by atoms with Gasteiger partial charge in [0.2, 0.25) is 0 Å². The first-order chi connectivity index (χ1) is 9.32. The predicted molar refractivity (Wildman–Crippen MR) is 86.3 cm³/mol. The first kappa shape index (κ1) is 15.0. The molecular weight excluding hydrogens is 266 g/mol. The summed E-state index contributed by atoms with van der Waals surface area (Å²) in [5.74, 6) is 0. The number of aryl methyl sites for hydroxylation is 2. The van der Waals surface area contributed by atoms with E-state index in [0.717, 1.165) is 22.8 Å². The molecule has 4 heteroatoms. The van der Waals surface area contributed by atoms with Crippen LogP contribution in [0.1, 0.15) is 39.0 Å². The van der Waals surface area contributed by atoms with E-state index in [1.165, 1.54) is 10.5 Å². The van der Waals surface area contributed by atoms with Gasteiger partial charge in [-0.15, -0.1) is 0 Å². The minimum Gasteiger partial charge on any atom is -0.395 e. The maximum atomic E-state index is 6.16. The van der Waals surface area contributed by atoms with Crippen molar-refractivity contribution in [1.82, 2.24) is 9.78 Å². The SMILES string of the molecule is CCc1nn(C)c(Sc2ccc(C(C)(C)C)cc2)c1N. The minimum atomic E-state index is 0.185. The highest BCUT2D eigenvalue weighted by atomic mass is 32.2. The number of benzene rings is 1. The lowest BCUT2D eigenvalue weighted by Crippen LogP contribution is -2.10. The van der Waals surface area contributed by atoms with E-state index in [1.54, 1.807) is 11.8 Å². The van der Waals surface area contributed by atoms with Crippen LogP contribution in [-0.2, 0) is 18.9 Å². The Hall–Kier alpha value is -1.42. The first-order valence-corrected chi connectivity index (χ1v) is 7.74. The molecule has 2 N–H and O–H groups in total. The molecule has 1 aromatic carbocycles. The van der Waals surface area contributed by atoms with E-state index in [-0.39, 0.29) is 5.41 Å². The molecule has 0 aliphatic heterocycles. The third-order valence-corrected chi connectivity index (χ3v) is 4.56.